The van der Waals surface area contributed by atoms with Crippen molar-refractivity contribution in [2.45, 2.75) is 33.5 Å². The first-order chi connectivity index (χ1) is 10.7. The van der Waals surface area contributed by atoms with Gasteiger partial charge in [0.25, 0.3) is 0 Å². The monoisotopic (exact) mass is 311 g/mol. The Morgan fingerprint density at radius 3 is 2.59 bits per heavy atom. The van der Waals surface area contributed by atoms with Crippen molar-refractivity contribution in [3.63, 3.8) is 0 Å². The summed E-state index contributed by atoms with van der Waals surface area (Å²) in [6.07, 6.45) is 1.10. The fourth-order valence-corrected chi connectivity index (χ4v) is 3.57. The quantitative estimate of drug-likeness (QED) is 0.623. The van der Waals surface area contributed by atoms with Crippen molar-refractivity contribution in [1.29, 1.82) is 0 Å². The van der Waals surface area contributed by atoms with Gasteiger partial charge in [-0.25, -0.2) is 4.98 Å². The van der Waals surface area contributed by atoms with Crippen LogP contribution in [0.4, 0.5) is 0 Å². The molecule has 3 rings (SSSR count). The standard InChI is InChI=1S/C19H21NOS/c1-14(2)11-16-9-6-10-17-19(16)22-18(20-17)13-21-12-15-7-4-3-5-8-15/h3-10,14H,11-13H2,1-2H3. The molecule has 0 spiro atoms. The van der Waals surface area contributed by atoms with Crippen molar-refractivity contribution in [2.75, 3.05) is 0 Å². The number of ether oxygens (including phenoxy) is 1. The smallest absolute Gasteiger partial charge is 0.120 e. The normalized spacial score (nSPS) is 11.4. The molecule has 0 N–H and O–H groups in total. The van der Waals surface area contributed by atoms with Gasteiger partial charge in [-0.1, -0.05) is 56.3 Å². The highest BCUT2D eigenvalue weighted by atomic mass is 32.1. The molecule has 0 aliphatic carbocycles. The van der Waals surface area contributed by atoms with E-state index in [1.54, 1.807) is 11.3 Å². The highest BCUT2D eigenvalue weighted by molar-refractivity contribution is 7.18. The molecule has 2 nitrogen and oxygen atoms in total. The highest BCUT2D eigenvalue weighted by Gasteiger charge is 2.09. The van der Waals surface area contributed by atoms with Crippen LogP contribution < -0.4 is 0 Å². The molecule has 3 heteroatoms. The Labute approximate surface area is 135 Å². The summed E-state index contributed by atoms with van der Waals surface area (Å²) in [5.41, 5.74) is 3.70. The van der Waals surface area contributed by atoms with E-state index < -0.39 is 0 Å². The molecular weight excluding hydrogens is 290 g/mol. The minimum Gasteiger partial charge on any atom is -0.370 e. The molecule has 0 unspecified atom stereocenters. The molecule has 3 aromatic rings. The lowest BCUT2D eigenvalue weighted by molar-refractivity contribution is 0.107. The van der Waals surface area contributed by atoms with Crippen LogP contribution in [-0.4, -0.2) is 4.98 Å². The van der Waals surface area contributed by atoms with E-state index in [1.165, 1.54) is 15.8 Å². The second-order valence-electron chi connectivity index (χ2n) is 5.95. The molecule has 1 aromatic heterocycles. The van der Waals surface area contributed by atoms with Crippen molar-refractivity contribution in [1.82, 2.24) is 4.98 Å². The molecule has 0 bridgehead atoms. The molecule has 1 heterocycles. The average molecular weight is 311 g/mol. The summed E-state index contributed by atoms with van der Waals surface area (Å²) in [5, 5.41) is 1.06. The van der Waals surface area contributed by atoms with Crippen molar-refractivity contribution in [2.24, 2.45) is 5.92 Å². The predicted octanol–water partition coefficient (Wildman–Crippen LogP) is 5.21. The van der Waals surface area contributed by atoms with Crippen LogP contribution in [0.25, 0.3) is 10.2 Å². The zero-order valence-electron chi connectivity index (χ0n) is 13.1. The van der Waals surface area contributed by atoms with Crippen LogP contribution in [0.3, 0.4) is 0 Å². The van der Waals surface area contributed by atoms with Crippen LogP contribution in [-0.2, 0) is 24.4 Å². The number of benzene rings is 2. The van der Waals surface area contributed by atoms with Crippen molar-refractivity contribution in [3.8, 4) is 0 Å². The van der Waals surface area contributed by atoms with Gasteiger partial charge >= 0.3 is 0 Å². The number of aromatic nitrogens is 1. The highest BCUT2D eigenvalue weighted by Crippen LogP contribution is 2.28. The predicted molar refractivity (Wildman–Crippen MR) is 93.1 cm³/mol. The first-order valence-corrected chi connectivity index (χ1v) is 8.53. The van der Waals surface area contributed by atoms with Gasteiger partial charge in [-0.3, -0.25) is 0 Å². The van der Waals surface area contributed by atoms with Crippen LogP contribution in [0.5, 0.6) is 0 Å². The van der Waals surface area contributed by atoms with Gasteiger partial charge in [0.05, 0.1) is 23.4 Å². The Morgan fingerprint density at radius 2 is 1.82 bits per heavy atom. The topological polar surface area (TPSA) is 22.1 Å². The van der Waals surface area contributed by atoms with E-state index in [9.17, 15) is 0 Å². The molecule has 0 atom stereocenters. The molecule has 0 saturated carbocycles. The van der Waals surface area contributed by atoms with Gasteiger partial charge in [-0.05, 0) is 29.5 Å². The SMILES string of the molecule is CC(C)Cc1cccc2nc(COCc3ccccc3)sc12. The fourth-order valence-electron chi connectivity index (χ4n) is 2.54. The van der Waals surface area contributed by atoms with E-state index in [0.717, 1.165) is 16.9 Å². The average Bonchev–Trinajstić information content (AvgIpc) is 2.92. The van der Waals surface area contributed by atoms with Gasteiger partial charge in [0.2, 0.25) is 0 Å². The second-order valence-corrected chi connectivity index (χ2v) is 7.03. The largest absolute Gasteiger partial charge is 0.370 e. The Kier molecular flexibility index (Phi) is 4.86. The van der Waals surface area contributed by atoms with Gasteiger partial charge in [-0.15, -0.1) is 11.3 Å². The number of thiazole rings is 1. The van der Waals surface area contributed by atoms with Crippen molar-refractivity contribution < 1.29 is 4.74 Å². The molecule has 0 radical (unpaired) electrons. The fraction of sp³-hybridized carbons (Fsp3) is 0.316. The van der Waals surface area contributed by atoms with E-state index in [0.29, 0.717) is 19.1 Å². The summed E-state index contributed by atoms with van der Waals surface area (Å²) in [6.45, 7) is 5.72. The minimum absolute atomic E-state index is 0.579. The summed E-state index contributed by atoms with van der Waals surface area (Å²) in [7, 11) is 0. The Bertz CT molecular complexity index is 734. The summed E-state index contributed by atoms with van der Waals surface area (Å²) in [5.74, 6) is 0.658. The minimum atomic E-state index is 0.579. The van der Waals surface area contributed by atoms with Gasteiger partial charge in [0.1, 0.15) is 5.01 Å². The van der Waals surface area contributed by atoms with Crippen molar-refractivity contribution in [3.05, 3.63) is 64.7 Å². The van der Waals surface area contributed by atoms with Crippen LogP contribution in [0.15, 0.2) is 48.5 Å². The Hall–Kier alpha value is -1.71. The number of hydrogen-bond acceptors (Lipinski definition) is 3. The zero-order valence-corrected chi connectivity index (χ0v) is 13.9. The zero-order chi connectivity index (χ0) is 15.4. The molecule has 114 valence electrons. The third-order valence-electron chi connectivity index (χ3n) is 3.51. The van der Waals surface area contributed by atoms with Crippen LogP contribution >= 0.6 is 11.3 Å². The van der Waals surface area contributed by atoms with E-state index in [2.05, 4.69) is 44.2 Å². The van der Waals surface area contributed by atoms with E-state index >= 15 is 0 Å². The van der Waals surface area contributed by atoms with Gasteiger partial charge in [-0.2, -0.15) is 0 Å². The molecule has 0 amide bonds. The molecule has 0 aliphatic heterocycles. The van der Waals surface area contributed by atoms with Crippen LogP contribution in [0.2, 0.25) is 0 Å². The maximum Gasteiger partial charge on any atom is 0.120 e. The lowest BCUT2D eigenvalue weighted by atomic mass is 10.0. The lowest BCUT2D eigenvalue weighted by Gasteiger charge is -2.04. The molecule has 2 aromatic carbocycles. The number of hydrogen-bond donors (Lipinski definition) is 0. The third-order valence-corrected chi connectivity index (χ3v) is 4.63. The summed E-state index contributed by atoms with van der Waals surface area (Å²) in [4.78, 5) is 4.71. The van der Waals surface area contributed by atoms with E-state index in [4.69, 9.17) is 9.72 Å². The Morgan fingerprint density at radius 1 is 1.00 bits per heavy atom. The van der Waals surface area contributed by atoms with Gasteiger partial charge in [0.15, 0.2) is 0 Å². The summed E-state index contributed by atoms with van der Waals surface area (Å²) in [6, 6.07) is 16.7. The van der Waals surface area contributed by atoms with E-state index in [1.807, 2.05) is 18.2 Å². The maximum absolute atomic E-state index is 5.80. The van der Waals surface area contributed by atoms with Gasteiger partial charge in [0, 0.05) is 0 Å². The molecular formula is C19H21NOS. The first kappa shape index (κ1) is 15.2. The molecule has 0 aliphatic rings. The van der Waals surface area contributed by atoms with Crippen molar-refractivity contribution >= 4 is 21.6 Å². The summed E-state index contributed by atoms with van der Waals surface area (Å²) >= 11 is 1.76. The third kappa shape index (κ3) is 3.73. The number of fused-ring (bicyclic) bond motifs is 1. The summed E-state index contributed by atoms with van der Waals surface area (Å²) < 4.78 is 7.12. The van der Waals surface area contributed by atoms with E-state index in [-0.39, 0.29) is 0 Å². The molecule has 0 saturated heterocycles. The second kappa shape index (κ2) is 7.03. The first-order valence-electron chi connectivity index (χ1n) is 7.71. The lowest BCUT2D eigenvalue weighted by Crippen LogP contribution is -1.93. The number of nitrogens with zero attached hydrogens (tertiary/aromatic N) is 1. The number of rotatable bonds is 6. The van der Waals surface area contributed by atoms with Crippen LogP contribution in [0, 0.1) is 5.92 Å². The maximum atomic E-state index is 5.80. The Balaban J connectivity index is 1.69. The molecule has 22 heavy (non-hydrogen) atoms. The van der Waals surface area contributed by atoms with Gasteiger partial charge < -0.3 is 4.74 Å². The molecule has 0 fully saturated rings. The van der Waals surface area contributed by atoms with Crippen LogP contribution in [0.1, 0.15) is 30.0 Å².